The number of carbonyl (C=O) groups excluding carboxylic acids is 2. The molecule has 0 radical (unpaired) electrons. The van der Waals surface area contributed by atoms with E-state index in [1.165, 1.54) is 0 Å². The summed E-state index contributed by atoms with van der Waals surface area (Å²) in [4.78, 5) is 21.3. The van der Waals surface area contributed by atoms with Crippen LogP contribution in [-0.2, 0) is 9.53 Å². The predicted molar refractivity (Wildman–Crippen MR) is 40.3 cm³/mol. The molecule has 1 rings (SSSR count). The van der Waals surface area contributed by atoms with Crippen molar-refractivity contribution in [3.8, 4) is 0 Å². The lowest BCUT2D eigenvalue weighted by molar-refractivity contribution is -0.132. The van der Waals surface area contributed by atoms with Crippen LogP contribution < -0.4 is 16.4 Å². The van der Waals surface area contributed by atoms with Crippen LogP contribution >= 0.6 is 0 Å². The van der Waals surface area contributed by atoms with Crippen LogP contribution in [0.4, 0.5) is 4.79 Å². The van der Waals surface area contributed by atoms with Crippen molar-refractivity contribution in [2.45, 2.75) is 6.10 Å². The van der Waals surface area contributed by atoms with E-state index in [0.717, 1.165) is 6.54 Å². The van der Waals surface area contributed by atoms with Crippen molar-refractivity contribution in [2.24, 2.45) is 5.73 Å². The van der Waals surface area contributed by atoms with Crippen LogP contribution in [0.15, 0.2) is 0 Å². The van der Waals surface area contributed by atoms with Gasteiger partial charge in [-0.1, -0.05) is 0 Å². The zero-order valence-electron chi connectivity index (χ0n) is 6.50. The van der Waals surface area contributed by atoms with Gasteiger partial charge in [-0.05, 0) is 0 Å². The second kappa shape index (κ2) is 4.03. The maximum absolute atomic E-state index is 11.0. The summed E-state index contributed by atoms with van der Waals surface area (Å²) >= 11 is 0. The van der Waals surface area contributed by atoms with Crippen molar-refractivity contribution in [1.82, 2.24) is 10.6 Å². The molecule has 68 valence electrons. The number of primary amides is 1. The Morgan fingerprint density at radius 1 is 1.58 bits per heavy atom. The quantitative estimate of drug-likeness (QED) is 0.434. The average molecular weight is 173 g/mol. The molecule has 0 saturated carbocycles. The Hall–Kier alpha value is -1.14. The van der Waals surface area contributed by atoms with Crippen molar-refractivity contribution >= 4 is 11.9 Å². The van der Waals surface area contributed by atoms with Gasteiger partial charge in [-0.3, -0.25) is 10.1 Å². The van der Waals surface area contributed by atoms with Gasteiger partial charge < -0.3 is 15.8 Å². The van der Waals surface area contributed by atoms with E-state index < -0.39 is 18.0 Å². The summed E-state index contributed by atoms with van der Waals surface area (Å²) in [7, 11) is 0. The van der Waals surface area contributed by atoms with E-state index in [9.17, 15) is 9.59 Å². The summed E-state index contributed by atoms with van der Waals surface area (Å²) in [5.74, 6) is -0.491. The van der Waals surface area contributed by atoms with E-state index in [4.69, 9.17) is 10.5 Å². The maximum Gasteiger partial charge on any atom is 0.318 e. The first-order chi connectivity index (χ1) is 5.70. The molecule has 0 bridgehead atoms. The van der Waals surface area contributed by atoms with Crippen LogP contribution in [0.5, 0.6) is 0 Å². The molecule has 1 aliphatic heterocycles. The summed E-state index contributed by atoms with van der Waals surface area (Å²) in [6.45, 7) is 1.61. The smallest absolute Gasteiger partial charge is 0.318 e. The first-order valence-electron chi connectivity index (χ1n) is 3.63. The fourth-order valence-electron chi connectivity index (χ4n) is 0.936. The van der Waals surface area contributed by atoms with E-state index >= 15 is 0 Å². The SMILES string of the molecule is NC(=O)NC(=O)C1CNCCO1. The lowest BCUT2D eigenvalue weighted by Gasteiger charge is -2.21. The molecule has 3 amide bonds. The number of nitrogens with one attached hydrogen (secondary N) is 2. The summed E-state index contributed by atoms with van der Waals surface area (Å²) in [6.07, 6.45) is -0.605. The molecular formula is C6H11N3O3. The van der Waals surface area contributed by atoms with Crippen LogP contribution in [0, 0.1) is 0 Å². The molecule has 0 spiro atoms. The van der Waals surface area contributed by atoms with E-state index in [2.05, 4.69) is 5.32 Å². The van der Waals surface area contributed by atoms with Crippen LogP contribution in [0.3, 0.4) is 0 Å². The molecule has 6 heteroatoms. The first kappa shape index (κ1) is 8.95. The highest BCUT2D eigenvalue weighted by Crippen LogP contribution is 1.94. The van der Waals surface area contributed by atoms with Gasteiger partial charge in [0, 0.05) is 13.1 Å². The fraction of sp³-hybridized carbons (Fsp3) is 0.667. The molecule has 1 unspecified atom stereocenters. The first-order valence-corrected chi connectivity index (χ1v) is 3.63. The molecule has 6 nitrogen and oxygen atoms in total. The minimum absolute atomic E-state index is 0.416. The van der Waals surface area contributed by atoms with E-state index in [0.29, 0.717) is 13.2 Å². The zero-order valence-corrected chi connectivity index (χ0v) is 6.50. The van der Waals surface area contributed by atoms with Gasteiger partial charge in [0.15, 0.2) is 0 Å². The molecule has 12 heavy (non-hydrogen) atoms. The van der Waals surface area contributed by atoms with Crippen LogP contribution in [0.2, 0.25) is 0 Å². The Morgan fingerprint density at radius 2 is 2.33 bits per heavy atom. The van der Waals surface area contributed by atoms with Crippen molar-refractivity contribution in [3.63, 3.8) is 0 Å². The molecule has 1 aliphatic rings. The summed E-state index contributed by atoms with van der Waals surface area (Å²) in [6, 6.07) is -0.853. The van der Waals surface area contributed by atoms with Crippen LogP contribution in [-0.4, -0.2) is 37.7 Å². The van der Waals surface area contributed by atoms with Gasteiger partial charge in [-0.15, -0.1) is 0 Å². The number of nitrogens with two attached hydrogens (primary N) is 1. The number of amides is 3. The van der Waals surface area contributed by atoms with Crippen LogP contribution in [0.1, 0.15) is 0 Å². The Kier molecular flexibility index (Phi) is 3.01. The molecule has 1 saturated heterocycles. The number of carbonyl (C=O) groups is 2. The number of hydrogen-bond acceptors (Lipinski definition) is 4. The van der Waals surface area contributed by atoms with Crippen molar-refractivity contribution < 1.29 is 14.3 Å². The lowest BCUT2D eigenvalue weighted by atomic mass is 10.3. The molecular weight excluding hydrogens is 162 g/mol. The maximum atomic E-state index is 11.0. The predicted octanol–water partition coefficient (Wildman–Crippen LogP) is -1.83. The number of rotatable bonds is 1. The Morgan fingerprint density at radius 3 is 2.83 bits per heavy atom. The molecule has 0 aromatic rings. The molecule has 1 atom stereocenters. The molecule has 4 N–H and O–H groups in total. The van der Waals surface area contributed by atoms with Crippen molar-refractivity contribution in [2.75, 3.05) is 19.7 Å². The second-order valence-electron chi connectivity index (χ2n) is 2.42. The fourth-order valence-corrected chi connectivity index (χ4v) is 0.936. The molecule has 0 aromatic heterocycles. The number of imide groups is 1. The van der Waals surface area contributed by atoms with E-state index in [1.54, 1.807) is 0 Å². The van der Waals surface area contributed by atoms with Gasteiger partial charge in [0.1, 0.15) is 6.10 Å². The normalized spacial score (nSPS) is 23.2. The second-order valence-corrected chi connectivity index (χ2v) is 2.42. The average Bonchev–Trinajstić information content (AvgIpc) is 2.05. The minimum Gasteiger partial charge on any atom is -0.366 e. The number of ether oxygens (including phenoxy) is 1. The summed E-state index contributed by atoms with van der Waals surface area (Å²) in [5, 5.41) is 4.90. The van der Waals surface area contributed by atoms with Gasteiger partial charge in [-0.2, -0.15) is 0 Å². The Labute approximate surface area is 69.4 Å². The van der Waals surface area contributed by atoms with E-state index in [1.807, 2.05) is 5.32 Å². The highest BCUT2D eigenvalue weighted by Gasteiger charge is 2.22. The molecule has 0 aliphatic carbocycles. The van der Waals surface area contributed by atoms with E-state index in [-0.39, 0.29) is 0 Å². The molecule has 0 aromatic carbocycles. The van der Waals surface area contributed by atoms with Gasteiger partial charge in [0.05, 0.1) is 6.61 Å². The Bertz CT molecular complexity index is 188. The van der Waals surface area contributed by atoms with Gasteiger partial charge in [0.2, 0.25) is 0 Å². The monoisotopic (exact) mass is 173 g/mol. The molecule has 1 heterocycles. The number of morpholine rings is 1. The summed E-state index contributed by atoms with van der Waals surface area (Å²) in [5.41, 5.74) is 4.75. The zero-order chi connectivity index (χ0) is 8.97. The number of urea groups is 1. The largest absolute Gasteiger partial charge is 0.366 e. The Balaban J connectivity index is 2.34. The van der Waals surface area contributed by atoms with Gasteiger partial charge in [-0.25, -0.2) is 4.79 Å². The topological polar surface area (TPSA) is 93.5 Å². The third kappa shape index (κ3) is 2.48. The number of hydrogen-bond donors (Lipinski definition) is 3. The van der Waals surface area contributed by atoms with Gasteiger partial charge >= 0.3 is 6.03 Å². The lowest BCUT2D eigenvalue weighted by Crippen LogP contribution is -2.50. The standard InChI is InChI=1S/C6H11N3O3/c7-6(11)9-5(10)4-3-8-1-2-12-4/h4,8H,1-3H2,(H3,7,9,10,11). The third-order valence-electron chi connectivity index (χ3n) is 1.47. The highest BCUT2D eigenvalue weighted by atomic mass is 16.5. The van der Waals surface area contributed by atoms with Crippen molar-refractivity contribution in [1.29, 1.82) is 0 Å². The summed E-state index contributed by atoms with van der Waals surface area (Å²) < 4.78 is 5.06. The van der Waals surface area contributed by atoms with Crippen molar-refractivity contribution in [3.05, 3.63) is 0 Å². The third-order valence-corrected chi connectivity index (χ3v) is 1.47. The highest BCUT2D eigenvalue weighted by molar-refractivity contribution is 5.95. The molecule has 1 fully saturated rings. The van der Waals surface area contributed by atoms with Gasteiger partial charge in [0.25, 0.3) is 5.91 Å². The van der Waals surface area contributed by atoms with Crippen LogP contribution in [0.25, 0.3) is 0 Å². The minimum atomic E-state index is -0.853.